The molecule has 0 bridgehead atoms. The van der Waals surface area contributed by atoms with E-state index < -0.39 is 0 Å². The van der Waals surface area contributed by atoms with Gasteiger partial charge in [0.2, 0.25) is 5.95 Å². The van der Waals surface area contributed by atoms with E-state index >= 15 is 0 Å². The molecule has 2 heterocycles. The van der Waals surface area contributed by atoms with E-state index in [1.54, 1.807) is 0 Å². The smallest absolute Gasteiger partial charge is 0.223 e. The minimum atomic E-state index is 0.631. The van der Waals surface area contributed by atoms with Crippen LogP contribution in [0.1, 0.15) is 31.7 Å². The molecular formula is C13H21N3OS. The van der Waals surface area contributed by atoms with E-state index in [0.29, 0.717) is 5.25 Å². The first-order chi connectivity index (χ1) is 8.79. The quantitative estimate of drug-likeness (QED) is 0.831. The molecule has 0 radical (unpaired) electrons. The Morgan fingerprint density at radius 2 is 2.22 bits per heavy atom. The minimum Gasteiger partial charge on any atom is -0.381 e. The Labute approximate surface area is 113 Å². The van der Waals surface area contributed by atoms with Gasteiger partial charge in [-0.2, -0.15) is 0 Å². The maximum absolute atomic E-state index is 5.39. The van der Waals surface area contributed by atoms with Crippen LogP contribution in [0.25, 0.3) is 0 Å². The average Bonchev–Trinajstić information content (AvgIpc) is 2.41. The summed E-state index contributed by atoms with van der Waals surface area (Å²) in [5, 5.41) is 4.98. The zero-order valence-electron chi connectivity index (χ0n) is 11.1. The summed E-state index contributed by atoms with van der Waals surface area (Å²) in [6.07, 6.45) is 5.23. The van der Waals surface area contributed by atoms with Gasteiger partial charge in [-0.15, -0.1) is 11.8 Å². The Morgan fingerprint density at radius 3 is 2.94 bits per heavy atom. The fourth-order valence-corrected chi connectivity index (χ4v) is 2.94. The molecule has 100 valence electrons. The molecular weight excluding hydrogens is 246 g/mol. The van der Waals surface area contributed by atoms with Crippen LogP contribution in [0.3, 0.4) is 0 Å². The summed E-state index contributed by atoms with van der Waals surface area (Å²) in [5.74, 6) is 0.747. The third-order valence-electron chi connectivity index (χ3n) is 2.91. The van der Waals surface area contributed by atoms with Crippen molar-refractivity contribution in [3.05, 3.63) is 11.8 Å². The van der Waals surface area contributed by atoms with Gasteiger partial charge in [0.25, 0.3) is 0 Å². The topological polar surface area (TPSA) is 47.0 Å². The molecule has 4 nitrogen and oxygen atoms in total. The molecule has 1 aromatic rings. The lowest BCUT2D eigenvalue weighted by molar-refractivity contribution is 0.1000. The second-order valence-corrected chi connectivity index (χ2v) is 5.83. The first kappa shape index (κ1) is 13.6. The number of rotatable bonds is 5. The van der Waals surface area contributed by atoms with Crippen molar-refractivity contribution in [2.75, 3.05) is 25.1 Å². The second kappa shape index (κ2) is 6.95. The van der Waals surface area contributed by atoms with Crippen LogP contribution in [0.15, 0.2) is 11.2 Å². The van der Waals surface area contributed by atoms with Gasteiger partial charge < -0.3 is 10.1 Å². The molecule has 2 rings (SSSR count). The van der Waals surface area contributed by atoms with Crippen molar-refractivity contribution < 1.29 is 4.74 Å². The van der Waals surface area contributed by atoms with Crippen LogP contribution < -0.4 is 5.32 Å². The Balaban J connectivity index is 2.00. The molecule has 1 fully saturated rings. The van der Waals surface area contributed by atoms with E-state index in [1.165, 1.54) is 0 Å². The van der Waals surface area contributed by atoms with E-state index in [0.717, 1.165) is 55.6 Å². The molecule has 0 amide bonds. The van der Waals surface area contributed by atoms with Gasteiger partial charge in [0.15, 0.2) is 0 Å². The highest BCUT2D eigenvalue weighted by Crippen LogP contribution is 2.30. The monoisotopic (exact) mass is 267 g/mol. The van der Waals surface area contributed by atoms with Crippen molar-refractivity contribution in [1.82, 2.24) is 9.97 Å². The fourth-order valence-electron chi connectivity index (χ4n) is 1.82. The van der Waals surface area contributed by atoms with Gasteiger partial charge in [-0.3, -0.25) is 0 Å². The number of hydrogen-bond donors (Lipinski definition) is 1. The normalized spacial score (nSPS) is 16.8. The first-order valence-electron chi connectivity index (χ1n) is 6.61. The fraction of sp³-hybridized carbons (Fsp3) is 0.692. The van der Waals surface area contributed by atoms with Gasteiger partial charge in [0, 0.05) is 31.2 Å². The Kier molecular flexibility index (Phi) is 5.26. The van der Waals surface area contributed by atoms with Crippen LogP contribution in [0.4, 0.5) is 5.95 Å². The lowest BCUT2D eigenvalue weighted by Crippen LogP contribution is -2.18. The number of anilines is 1. The summed E-state index contributed by atoms with van der Waals surface area (Å²) in [4.78, 5) is 8.91. The Bertz CT molecular complexity index is 380. The number of hydrogen-bond acceptors (Lipinski definition) is 5. The predicted molar refractivity (Wildman–Crippen MR) is 75.2 cm³/mol. The van der Waals surface area contributed by atoms with E-state index in [9.17, 15) is 0 Å². The van der Waals surface area contributed by atoms with Crippen LogP contribution in [0, 0.1) is 6.92 Å². The van der Waals surface area contributed by atoms with Gasteiger partial charge in [0.05, 0.1) is 0 Å². The van der Waals surface area contributed by atoms with Crippen molar-refractivity contribution in [1.29, 1.82) is 0 Å². The molecule has 0 aromatic carbocycles. The number of thioether (sulfide) groups is 1. The molecule has 0 saturated carbocycles. The van der Waals surface area contributed by atoms with Crippen molar-refractivity contribution in [3.8, 4) is 0 Å². The highest BCUT2D eigenvalue weighted by Gasteiger charge is 2.17. The predicted octanol–water partition coefficient (Wildman–Crippen LogP) is 2.88. The maximum atomic E-state index is 5.39. The zero-order chi connectivity index (χ0) is 12.8. The van der Waals surface area contributed by atoms with Gasteiger partial charge in [-0.05, 0) is 31.7 Å². The largest absolute Gasteiger partial charge is 0.381 e. The molecule has 1 aliphatic rings. The summed E-state index contributed by atoms with van der Waals surface area (Å²) in [6, 6.07) is 0. The van der Waals surface area contributed by atoms with E-state index in [-0.39, 0.29) is 0 Å². The number of aromatic nitrogens is 2. The number of nitrogens with zero attached hydrogens (tertiary/aromatic N) is 2. The molecule has 0 aliphatic carbocycles. The van der Waals surface area contributed by atoms with E-state index in [4.69, 9.17) is 4.74 Å². The summed E-state index contributed by atoms with van der Waals surface area (Å²) < 4.78 is 5.39. The molecule has 1 N–H and O–H groups in total. The van der Waals surface area contributed by atoms with Crippen LogP contribution in [-0.2, 0) is 4.74 Å². The van der Waals surface area contributed by atoms with Crippen molar-refractivity contribution in [3.63, 3.8) is 0 Å². The highest BCUT2D eigenvalue weighted by molar-refractivity contribution is 7.99. The standard InChI is InChI=1S/C13H21N3OS/c1-3-6-14-13-15-9-10(2)12(16-13)18-11-4-7-17-8-5-11/h9,11H,3-8H2,1-2H3,(H,14,15,16). The SMILES string of the molecule is CCCNc1ncc(C)c(SC2CCOCC2)n1. The average molecular weight is 267 g/mol. The van der Waals surface area contributed by atoms with Crippen molar-refractivity contribution in [2.45, 2.75) is 43.4 Å². The third kappa shape index (κ3) is 3.85. The highest BCUT2D eigenvalue weighted by atomic mass is 32.2. The molecule has 0 unspecified atom stereocenters. The third-order valence-corrected chi connectivity index (χ3v) is 4.35. The van der Waals surface area contributed by atoms with Gasteiger partial charge in [-0.1, -0.05) is 6.92 Å². The van der Waals surface area contributed by atoms with Crippen molar-refractivity contribution >= 4 is 17.7 Å². The number of ether oxygens (including phenoxy) is 1. The van der Waals surface area contributed by atoms with E-state index in [1.807, 2.05) is 18.0 Å². The zero-order valence-corrected chi connectivity index (χ0v) is 11.9. The van der Waals surface area contributed by atoms with Crippen LogP contribution in [0.2, 0.25) is 0 Å². The van der Waals surface area contributed by atoms with Gasteiger partial charge in [-0.25, -0.2) is 9.97 Å². The van der Waals surface area contributed by atoms with Gasteiger partial charge in [0.1, 0.15) is 5.03 Å². The van der Waals surface area contributed by atoms with E-state index in [2.05, 4.69) is 29.1 Å². The summed E-state index contributed by atoms with van der Waals surface area (Å²) >= 11 is 1.87. The van der Waals surface area contributed by atoms with Gasteiger partial charge >= 0.3 is 0 Å². The lowest BCUT2D eigenvalue weighted by Gasteiger charge is -2.21. The molecule has 0 spiro atoms. The first-order valence-corrected chi connectivity index (χ1v) is 7.49. The summed E-state index contributed by atoms with van der Waals surface area (Å²) in [6.45, 7) is 6.89. The summed E-state index contributed by atoms with van der Waals surface area (Å²) in [5.41, 5.74) is 1.16. The number of nitrogens with one attached hydrogen (secondary N) is 1. The number of aryl methyl sites for hydroxylation is 1. The summed E-state index contributed by atoms with van der Waals surface area (Å²) in [7, 11) is 0. The molecule has 0 atom stereocenters. The molecule has 1 saturated heterocycles. The Hall–Kier alpha value is -0.810. The second-order valence-electron chi connectivity index (χ2n) is 4.54. The molecule has 1 aromatic heterocycles. The van der Waals surface area contributed by atoms with Crippen LogP contribution in [0.5, 0.6) is 0 Å². The lowest BCUT2D eigenvalue weighted by atomic mass is 10.2. The Morgan fingerprint density at radius 1 is 1.44 bits per heavy atom. The molecule has 18 heavy (non-hydrogen) atoms. The van der Waals surface area contributed by atoms with Crippen LogP contribution >= 0.6 is 11.8 Å². The molecule has 5 heteroatoms. The minimum absolute atomic E-state index is 0.631. The molecule has 1 aliphatic heterocycles. The maximum Gasteiger partial charge on any atom is 0.223 e. The van der Waals surface area contributed by atoms with Crippen molar-refractivity contribution in [2.24, 2.45) is 0 Å². The van der Waals surface area contributed by atoms with Crippen LogP contribution in [-0.4, -0.2) is 35.0 Å².